The van der Waals surface area contributed by atoms with Crippen molar-refractivity contribution < 1.29 is 9.30 Å². The monoisotopic (exact) mass is 341 g/mol. The SMILES string of the molecule is COc1c[n+](Cc2ccccc2)c2ccc(=O)n3c4ccccc4c1c23. The highest BCUT2D eigenvalue weighted by Gasteiger charge is 2.24. The van der Waals surface area contributed by atoms with Crippen LogP contribution < -0.4 is 14.9 Å². The summed E-state index contributed by atoms with van der Waals surface area (Å²) in [6, 6.07) is 21.8. The minimum atomic E-state index is -0.0248. The summed E-state index contributed by atoms with van der Waals surface area (Å²) in [6.07, 6.45) is 2.03. The third kappa shape index (κ3) is 2.02. The van der Waals surface area contributed by atoms with Crippen LogP contribution in [0.3, 0.4) is 0 Å². The summed E-state index contributed by atoms with van der Waals surface area (Å²) < 4.78 is 9.66. The fourth-order valence-corrected chi connectivity index (χ4v) is 3.84. The van der Waals surface area contributed by atoms with E-state index in [1.165, 1.54) is 5.56 Å². The number of aromatic nitrogens is 2. The van der Waals surface area contributed by atoms with E-state index in [0.29, 0.717) is 6.54 Å². The smallest absolute Gasteiger partial charge is 0.256 e. The van der Waals surface area contributed by atoms with Crippen LogP contribution in [0.1, 0.15) is 5.56 Å². The van der Waals surface area contributed by atoms with Gasteiger partial charge in [-0.05, 0) is 6.07 Å². The van der Waals surface area contributed by atoms with Crippen molar-refractivity contribution in [1.82, 2.24) is 4.40 Å². The zero-order chi connectivity index (χ0) is 17.7. The van der Waals surface area contributed by atoms with Crippen molar-refractivity contribution in [3.8, 4) is 5.75 Å². The van der Waals surface area contributed by atoms with E-state index in [4.69, 9.17) is 4.74 Å². The van der Waals surface area contributed by atoms with Crippen molar-refractivity contribution in [2.24, 2.45) is 0 Å². The van der Waals surface area contributed by atoms with E-state index in [-0.39, 0.29) is 5.56 Å². The second kappa shape index (κ2) is 5.56. The third-order valence-electron chi connectivity index (χ3n) is 4.97. The van der Waals surface area contributed by atoms with Gasteiger partial charge in [-0.2, -0.15) is 4.57 Å². The fraction of sp³-hybridized carbons (Fsp3) is 0.0909. The fourth-order valence-electron chi connectivity index (χ4n) is 3.84. The van der Waals surface area contributed by atoms with Crippen molar-refractivity contribution in [1.29, 1.82) is 0 Å². The molecule has 4 heteroatoms. The second-order valence-electron chi connectivity index (χ2n) is 6.44. The highest BCUT2D eigenvalue weighted by atomic mass is 16.5. The van der Waals surface area contributed by atoms with Gasteiger partial charge in [-0.3, -0.25) is 9.20 Å². The topological polar surface area (TPSA) is 34.6 Å². The number of fused-ring (bicyclic) bond motifs is 3. The maximum atomic E-state index is 12.6. The van der Waals surface area contributed by atoms with E-state index in [1.54, 1.807) is 17.6 Å². The standard InChI is InChI=1S/C22H17N2O2/c1-26-19-14-23(13-15-7-3-2-4-8-15)18-11-12-20(25)24-17-10-6-5-9-16(17)21(19)22(18)24/h2-12,14H,13H2,1H3/q+1. The largest absolute Gasteiger partial charge is 0.490 e. The van der Waals surface area contributed by atoms with E-state index < -0.39 is 0 Å². The average molecular weight is 341 g/mol. The first-order chi connectivity index (χ1) is 12.8. The lowest BCUT2D eigenvalue weighted by molar-refractivity contribution is -0.662. The van der Waals surface area contributed by atoms with Crippen LogP contribution in [0.2, 0.25) is 0 Å². The predicted octanol–water partition coefficient (Wildman–Crippen LogP) is 3.39. The van der Waals surface area contributed by atoms with Crippen LogP contribution in [0.5, 0.6) is 5.75 Å². The molecule has 5 rings (SSSR count). The Hall–Kier alpha value is -3.40. The van der Waals surface area contributed by atoms with E-state index in [2.05, 4.69) is 16.7 Å². The van der Waals surface area contributed by atoms with Crippen LogP contribution in [-0.4, -0.2) is 11.5 Å². The van der Waals surface area contributed by atoms with Crippen molar-refractivity contribution in [2.75, 3.05) is 7.11 Å². The number of rotatable bonds is 3. The molecule has 5 aromatic rings. The minimum Gasteiger partial charge on any atom is -0.490 e. The summed E-state index contributed by atoms with van der Waals surface area (Å²) in [4.78, 5) is 12.6. The lowest BCUT2D eigenvalue weighted by Crippen LogP contribution is -2.36. The molecule has 0 fully saturated rings. The molecule has 0 aliphatic carbocycles. The molecule has 0 saturated heterocycles. The predicted molar refractivity (Wildman–Crippen MR) is 102 cm³/mol. The third-order valence-corrected chi connectivity index (χ3v) is 4.97. The first kappa shape index (κ1) is 14.9. The van der Waals surface area contributed by atoms with Crippen LogP contribution >= 0.6 is 0 Å². The van der Waals surface area contributed by atoms with Gasteiger partial charge in [-0.15, -0.1) is 0 Å². The van der Waals surface area contributed by atoms with Gasteiger partial charge in [-0.25, -0.2) is 0 Å². The summed E-state index contributed by atoms with van der Waals surface area (Å²) in [5, 5.41) is 2.02. The summed E-state index contributed by atoms with van der Waals surface area (Å²) in [7, 11) is 1.68. The van der Waals surface area contributed by atoms with Crippen molar-refractivity contribution in [3.05, 3.63) is 88.8 Å². The number of pyridine rings is 2. The molecule has 3 heterocycles. The zero-order valence-electron chi connectivity index (χ0n) is 14.3. The summed E-state index contributed by atoms with van der Waals surface area (Å²) >= 11 is 0. The van der Waals surface area contributed by atoms with Gasteiger partial charge in [-0.1, -0.05) is 48.5 Å². The molecule has 0 atom stereocenters. The second-order valence-corrected chi connectivity index (χ2v) is 6.44. The van der Waals surface area contributed by atoms with Crippen molar-refractivity contribution in [3.63, 3.8) is 0 Å². The summed E-state index contributed by atoms with van der Waals surface area (Å²) in [5.74, 6) is 0.776. The highest BCUT2D eigenvalue weighted by Crippen LogP contribution is 2.35. The number of hydrogen-bond donors (Lipinski definition) is 0. The van der Waals surface area contributed by atoms with E-state index >= 15 is 0 Å². The molecular formula is C22H17N2O2+. The van der Waals surface area contributed by atoms with Gasteiger partial charge in [0.1, 0.15) is 5.52 Å². The number of methoxy groups -OCH3 is 1. The number of nitrogens with zero attached hydrogens (tertiary/aromatic N) is 2. The Morgan fingerprint density at radius 3 is 2.54 bits per heavy atom. The first-order valence-electron chi connectivity index (χ1n) is 8.58. The molecule has 0 N–H and O–H groups in total. The van der Waals surface area contributed by atoms with Crippen molar-refractivity contribution >= 4 is 27.3 Å². The van der Waals surface area contributed by atoms with Gasteiger partial charge >= 0.3 is 0 Å². The Morgan fingerprint density at radius 2 is 1.73 bits per heavy atom. The van der Waals surface area contributed by atoms with E-state index in [0.717, 1.165) is 33.1 Å². The van der Waals surface area contributed by atoms with Gasteiger partial charge < -0.3 is 4.74 Å². The van der Waals surface area contributed by atoms with Gasteiger partial charge in [0.2, 0.25) is 11.7 Å². The lowest BCUT2D eigenvalue weighted by atomic mass is 10.1. The molecule has 0 spiro atoms. The molecule has 0 unspecified atom stereocenters. The maximum absolute atomic E-state index is 12.6. The molecule has 0 saturated carbocycles. The Kier molecular flexibility index (Phi) is 3.19. The van der Waals surface area contributed by atoms with Crippen LogP contribution in [0.25, 0.3) is 27.3 Å². The molecule has 2 aromatic carbocycles. The molecule has 4 nitrogen and oxygen atoms in total. The van der Waals surface area contributed by atoms with Gasteiger partial charge in [0.25, 0.3) is 5.56 Å². The quantitative estimate of drug-likeness (QED) is 0.472. The maximum Gasteiger partial charge on any atom is 0.256 e. The van der Waals surface area contributed by atoms with Gasteiger partial charge in [0.15, 0.2) is 12.3 Å². The summed E-state index contributed by atoms with van der Waals surface area (Å²) in [5.41, 5.74) is 4.01. The molecule has 0 aliphatic rings. The minimum absolute atomic E-state index is 0.0248. The number of para-hydroxylation sites is 1. The van der Waals surface area contributed by atoms with Crippen molar-refractivity contribution in [2.45, 2.75) is 6.54 Å². The van der Waals surface area contributed by atoms with E-state index in [1.807, 2.05) is 54.7 Å². The molecule has 0 bridgehead atoms. The van der Waals surface area contributed by atoms with Crippen LogP contribution in [0, 0.1) is 0 Å². The van der Waals surface area contributed by atoms with Crippen LogP contribution in [0.15, 0.2) is 77.7 Å². The first-order valence-corrected chi connectivity index (χ1v) is 8.58. The Balaban J connectivity index is 1.94. The molecule has 0 amide bonds. The molecule has 0 aliphatic heterocycles. The summed E-state index contributed by atoms with van der Waals surface area (Å²) in [6.45, 7) is 0.711. The van der Waals surface area contributed by atoms with E-state index in [9.17, 15) is 4.79 Å². The molecule has 0 radical (unpaired) electrons. The molecular weight excluding hydrogens is 324 g/mol. The highest BCUT2D eigenvalue weighted by molar-refractivity contribution is 6.14. The number of ether oxygens (including phenoxy) is 1. The van der Waals surface area contributed by atoms with Gasteiger partial charge in [0, 0.05) is 23.1 Å². The Bertz CT molecular complexity index is 1310. The lowest BCUT2D eigenvalue weighted by Gasteiger charge is -2.07. The average Bonchev–Trinajstić information content (AvgIpc) is 3.03. The molecule has 3 aromatic heterocycles. The zero-order valence-corrected chi connectivity index (χ0v) is 14.3. The molecule has 26 heavy (non-hydrogen) atoms. The number of benzene rings is 2. The number of hydrogen-bond acceptors (Lipinski definition) is 2. The van der Waals surface area contributed by atoms with Crippen LogP contribution in [0.4, 0.5) is 0 Å². The Labute approximate surface area is 149 Å². The van der Waals surface area contributed by atoms with Crippen LogP contribution in [-0.2, 0) is 6.54 Å². The Morgan fingerprint density at radius 1 is 0.962 bits per heavy atom. The normalized spacial score (nSPS) is 11.6. The molecule has 126 valence electrons. The van der Waals surface area contributed by atoms with Gasteiger partial charge in [0.05, 0.1) is 18.0 Å².